The molecule has 17 heavy (non-hydrogen) atoms. The lowest BCUT2D eigenvalue weighted by molar-refractivity contribution is 0.414. The van der Waals surface area contributed by atoms with Gasteiger partial charge in [0.05, 0.1) is 7.11 Å². The standard InChI is InChI=1S/C13H12O2S2/c1-15-11-4-8-13(9-5-11)17-16-12-6-2-10(14)3-7-12/h2-9,14H,1H3. The van der Waals surface area contributed by atoms with Gasteiger partial charge in [0.1, 0.15) is 11.5 Å². The number of rotatable bonds is 4. The Kier molecular flexibility index (Phi) is 4.23. The molecule has 0 saturated heterocycles. The van der Waals surface area contributed by atoms with Gasteiger partial charge in [-0.05, 0) is 48.5 Å². The van der Waals surface area contributed by atoms with Crippen molar-refractivity contribution >= 4 is 21.6 Å². The van der Waals surface area contributed by atoms with E-state index in [9.17, 15) is 0 Å². The van der Waals surface area contributed by atoms with E-state index in [0.29, 0.717) is 5.75 Å². The minimum atomic E-state index is 0.295. The molecule has 0 saturated carbocycles. The first-order chi connectivity index (χ1) is 8.28. The first-order valence-corrected chi connectivity index (χ1v) is 7.20. The smallest absolute Gasteiger partial charge is 0.118 e. The van der Waals surface area contributed by atoms with Crippen LogP contribution in [0.2, 0.25) is 0 Å². The van der Waals surface area contributed by atoms with Gasteiger partial charge in [-0.25, -0.2) is 0 Å². The van der Waals surface area contributed by atoms with E-state index in [2.05, 4.69) is 0 Å². The van der Waals surface area contributed by atoms with Crippen LogP contribution in [0.4, 0.5) is 0 Å². The van der Waals surface area contributed by atoms with Gasteiger partial charge in [-0.2, -0.15) is 0 Å². The molecule has 0 heterocycles. The van der Waals surface area contributed by atoms with Gasteiger partial charge in [-0.3, -0.25) is 0 Å². The van der Waals surface area contributed by atoms with Crippen LogP contribution in [0.5, 0.6) is 11.5 Å². The van der Waals surface area contributed by atoms with Crippen LogP contribution in [0.1, 0.15) is 0 Å². The maximum absolute atomic E-state index is 9.17. The summed E-state index contributed by atoms with van der Waals surface area (Å²) in [5.41, 5.74) is 0. The van der Waals surface area contributed by atoms with Gasteiger partial charge in [0, 0.05) is 9.79 Å². The minimum Gasteiger partial charge on any atom is -0.508 e. The zero-order chi connectivity index (χ0) is 12.1. The maximum Gasteiger partial charge on any atom is 0.118 e. The summed E-state index contributed by atoms with van der Waals surface area (Å²) in [6.07, 6.45) is 0. The highest BCUT2D eigenvalue weighted by Crippen LogP contribution is 2.38. The summed E-state index contributed by atoms with van der Waals surface area (Å²) >= 11 is 0. The van der Waals surface area contributed by atoms with Crippen LogP contribution in [-0.2, 0) is 0 Å². The van der Waals surface area contributed by atoms with Crippen LogP contribution in [0.25, 0.3) is 0 Å². The largest absolute Gasteiger partial charge is 0.508 e. The Bertz CT molecular complexity index is 466. The van der Waals surface area contributed by atoms with Crippen LogP contribution in [0.15, 0.2) is 58.3 Å². The third kappa shape index (κ3) is 3.61. The molecule has 2 aromatic rings. The molecule has 2 nitrogen and oxygen atoms in total. The van der Waals surface area contributed by atoms with Gasteiger partial charge < -0.3 is 9.84 Å². The predicted molar refractivity (Wildman–Crippen MR) is 72.8 cm³/mol. The van der Waals surface area contributed by atoms with Gasteiger partial charge in [-0.15, -0.1) is 0 Å². The molecular weight excluding hydrogens is 252 g/mol. The quantitative estimate of drug-likeness (QED) is 0.838. The molecule has 88 valence electrons. The molecular formula is C13H12O2S2. The van der Waals surface area contributed by atoms with E-state index >= 15 is 0 Å². The third-order valence-corrected chi connectivity index (χ3v) is 4.55. The van der Waals surface area contributed by atoms with Gasteiger partial charge >= 0.3 is 0 Å². The molecule has 0 aliphatic carbocycles. The first-order valence-electron chi connectivity index (χ1n) is 5.05. The number of hydrogen-bond donors (Lipinski definition) is 1. The van der Waals surface area contributed by atoms with Crippen molar-refractivity contribution in [2.45, 2.75) is 9.79 Å². The molecule has 2 rings (SSSR count). The highest BCUT2D eigenvalue weighted by atomic mass is 33.1. The molecule has 0 unspecified atom stereocenters. The topological polar surface area (TPSA) is 29.5 Å². The minimum absolute atomic E-state index is 0.295. The second-order valence-corrected chi connectivity index (χ2v) is 5.61. The van der Waals surface area contributed by atoms with E-state index in [-0.39, 0.29) is 0 Å². The van der Waals surface area contributed by atoms with E-state index in [1.165, 1.54) is 4.90 Å². The highest BCUT2D eigenvalue weighted by molar-refractivity contribution is 8.76. The Morgan fingerprint density at radius 1 is 0.824 bits per heavy atom. The molecule has 0 amide bonds. The van der Waals surface area contributed by atoms with Crippen molar-refractivity contribution in [3.05, 3.63) is 48.5 Å². The Labute approximate surface area is 108 Å². The monoisotopic (exact) mass is 264 g/mol. The van der Waals surface area contributed by atoms with E-state index < -0.39 is 0 Å². The van der Waals surface area contributed by atoms with Crippen molar-refractivity contribution in [2.75, 3.05) is 7.11 Å². The summed E-state index contributed by atoms with van der Waals surface area (Å²) in [7, 11) is 5.00. The highest BCUT2D eigenvalue weighted by Gasteiger charge is 1.98. The van der Waals surface area contributed by atoms with E-state index in [4.69, 9.17) is 9.84 Å². The van der Waals surface area contributed by atoms with Gasteiger partial charge in [0.2, 0.25) is 0 Å². The Balaban J connectivity index is 1.95. The number of benzene rings is 2. The summed E-state index contributed by atoms with van der Waals surface area (Å²) in [5, 5.41) is 9.17. The molecule has 0 atom stereocenters. The van der Waals surface area contributed by atoms with Gasteiger partial charge in [0.25, 0.3) is 0 Å². The number of ether oxygens (including phenoxy) is 1. The number of phenols is 1. The van der Waals surface area contributed by atoms with Crippen molar-refractivity contribution in [3.8, 4) is 11.5 Å². The van der Waals surface area contributed by atoms with E-state index in [0.717, 1.165) is 10.6 Å². The second kappa shape index (κ2) is 5.89. The lowest BCUT2D eigenvalue weighted by Crippen LogP contribution is -1.80. The summed E-state index contributed by atoms with van der Waals surface area (Å²) in [5.74, 6) is 1.16. The second-order valence-electron chi connectivity index (χ2n) is 3.34. The lowest BCUT2D eigenvalue weighted by atomic mass is 10.3. The molecule has 4 heteroatoms. The van der Waals surface area contributed by atoms with Crippen molar-refractivity contribution in [1.82, 2.24) is 0 Å². The number of aromatic hydroxyl groups is 1. The third-order valence-electron chi connectivity index (χ3n) is 2.13. The zero-order valence-corrected chi connectivity index (χ0v) is 10.9. The van der Waals surface area contributed by atoms with Crippen molar-refractivity contribution in [3.63, 3.8) is 0 Å². The average molecular weight is 264 g/mol. The molecule has 0 radical (unpaired) electrons. The van der Waals surface area contributed by atoms with Crippen molar-refractivity contribution < 1.29 is 9.84 Å². The first kappa shape index (κ1) is 12.2. The Morgan fingerprint density at radius 3 is 1.76 bits per heavy atom. The van der Waals surface area contributed by atoms with Crippen LogP contribution in [0.3, 0.4) is 0 Å². The molecule has 0 aromatic heterocycles. The predicted octanol–water partition coefficient (Wildman–Crippen LogP) is 4.20. The van der Waals surface area contributed by atoms with Crippen LogP contribution in [0, 0.1) is 0 Å². The van der Waals surface area contributed by atoms with Gasteiger partial charge in [0.15, 0.2) is 0 Å². The van der Waals surface area contributed by atoms with E-state index in [1.807, 2.05) is 36.4 Å². The SMILES string of the molecule is COc1ccc(SSc2ccc(O)cc2)cc1. The molecule has 2 aromatic carbocycles. The number of phenolic OH excluding ortho intramolecular Hbond substituents is 1. The molecule has 0 aliphatic heterocycles. The summed E-state index contributed by atoms with van der Waals surface area (Å²) in [4.78, 5) is 2.28. The summed E-state index contributed by atoms with van der Waals surface area (Å²) < 4.78 is 5.10. The molecule has 0 spiro atoms. The van der Waals surface area contributed by atoms with Crippen molar-refractivity contribution in [1.29, 1.82) is 0 Å². The van der Waals surface area contributed by atoms with Gasteiger partial charge in [-0.1, -0.05) is 21.6 Å². The van der Waals surface area contributed by atoms with Crippen molar-refractivity contribution in [2.24, 2.45) is 0 Å². The fraction of sp³-hybridized carbons (Fsp3) is 0.0769. The average Bonchev–Trinajstić information content (AvgIpc) is 2.39. The fourth-order valence-corrected chi connectivity index (χ4v) is 3.16. The van der Waals surface area contributed by atoms with Crippen LogP contribution < -0.4 is 4.74 Å². The normalized spacial score (nSPS) is 10.2. The number of methoxy groups -OCH3 is 1. The zero-order valence-electron chi connectivity index (χ0n) is 9.29. The van der Waals surface area contributed by atoms with Crippen LogP contribution in [-0.4, -0.2) is 12.2 Å². The summed E-state index contributed by atoms with van der Waals surface area (Å²) in [6.45, 7) is 0. The lowest BCUT2D eigenvalue weighted by Gasteiger charge is -2.03. The number of hydrogen-bond acceptors (Lipinski definition) is 4. The Morgan fingerprint density at radius 2 is 1.29 bits per heavy atom. The summed E-state index contributed by atoms with van der Waals surface area (Å²) in [6, 6.07) is 15.1. The Hall–Kier alpha value is -1.26. The fourth-order valence-electron chi connectivity index (χ4n) is 1.23. The molecule has 0 aliphatic rings. The van der Waals surface area contributed by atoms with Crippen LogP contribution >= 0.6 is 21.6 Å². The molecule has 1 N–H and O–H groups in total. The molecule has 0 fully saturated rings. The molecule has 0 bridgehead atoms. The van der Waals surface area contributed by atoms with E-state index in [1.54, 1.807) is 40.8 Å². The maximum atomic E-state index is 9.17.